The van der Waals surface area contributed by atoms with Crippen LogP contribution < -0.4 is 9.64 Å². The summed E-state index contributed by atoms with van der Waals surface area (Å²) in [6.45, 7) is 2.07. The number of amides is 1. The van der Waals surface area contributed by atoms with Gasteiger partial charge in [0.05, 0.1) is 4.92 Å². The van der Waals surface area contributed by atoms with Gasteiger partial charge in [-0.1, -0.05) is 54.6 Å². The second kappa shape index (κ2) is 9.50. The maximum absolute atomic E-state index is 12.9. The Bertz CT molecular complexity index is 975. The minimum absolute atomic E-state index is 0.116. The van der Waals surface area contributed by atoms with Crippen LogP contribution >= 0.6 is 0 Å². The fourth-order valence-electron chi connectivity index (χ4n) is 3.05. The van der Waals surface area contributed by atoms with Crippen molar-refractivity contribution in [2.75, 3.05) is 11.4 Å². The number of para-hydroxylation sites is 1. The van der Waals surface area contributed by atoms with Gasteiger partial charge in [0.2, 0.25) is 0 Å². The van der Waals surface area contributed by atoms with Crippen LogP contribution in [0.4, 0.5) is 16.2 Å². The van der Waals surface area contributed by atoms with E-state index in [9.17, 15) is 14.9 Å². The van der Waals surface area contributed by atoms with Crippen molar-refractivity contribution in [2.45, 2.75) is 19.8 Å². The molecule has 0 bridgehead atoms. The first-order valence-corrected chi connectivity index (χ1v) is 9.38. The van der Waals surface area contributed by atoms with Crippen molar-refractivity contribution in [3.8, 4) is 5.75 Å². The number of anilines is 1. The molecule has 0 atom stereocenters. The van der Waals surface area contributed by atoms with Gasteiger partial charge in [-0.25, -0.2) is 4.79 Å². The van der Waals surface area contributed by atoms with Gasteiger partial charge in [-0.05, 0) is 49.1 Å². The molecule has 0 aliphatic heterocycles. The first kappa shape index (κ1) is 20.1. The Kier molecular flexibility index (Phi) is 6.58. The fraction of sp³-hybridized carbons (Fsp3) is 0.174. The Labute approximate surface area is 169 Å². The highest BCUT2D eigenvalue weighted by atomic mass is 16.6. The molecule has 0 unspecified atom stereocenters. The van der Waals surface area contributed by atoms with Gasteiger partial charge in [0.15, 0.2) is 0 Å². The standard InChI is InChI=1S/C23H22N2O4/c1-18-14-15-21(22(17-18)25(27)28)24(16-8-11-19-9-4-2-5-10-19)23(26)29-20-12-6-3-7-13-20/h2-7,9-10,12-15,17H,8,11,16H2,1H3. The quantitative estimate of drug-likeness (QED) is 0.392. The number of carbonyl (C=O) groups excluding carboxylic acids is 1. The average molecular weight is 390 g/mol. The summed E-state index contributed by atoms with van der Waals surface area (Å²) in [5, 5.41) is 11.6. The lowest BCUT2D eigenvalue weighted by Crippen LogP contribution is -2.35. The third kappa shape index (κ3) is 5.42. The van der Waals surface area contributed by atoms with Gasteiger partial charge in [0.1, 0.15) is 11.4 Å². The molecule has 0 saturated heterocycles. The Morgan fingerprint density at radius 1 is 1.00 bits per heavy atom. The highest BCUT2D eigenvalue weighted by Gasteiger charge is 2.26. The van der Waals surface area contributed by atoms with Crippen LogP contribution in [0.25, 0.3) is 0 Å². The summed E-state index contributed by atoms with van der Waals surface area (Å²) < 4.78 is 5.46. The minimum atomic E-state index is -0.642. The number of benzene rings is 3. The van der Waals surface area contributed by atoms with Gasteiger partial charge in [0, 0.05) is 12.6 Å². The van der Waals surface area contributed by atoms with E-state index in [0.717, 1.165) is 17.5 Å². The van der Waals surface area contributed by atoms with Crippen LogP contribution in [0, 0.1) is 17.0 Å². The third-order valence-electron chi connectivity index (χ3n) is 4.48. The third-order valence-corrected chi connectivity index (χ3v) is 4.48. The van der Waals surface area contributed by atoms with Crippen molar-refractivity contribution < 1.29 is 14.5 Å². The van der Waals surface area contributed by atoms with Crippen LogP contribution in [-0.2, 0) is 6.42 Å². The number of nitro benzene ring substituents is 1. The molecule has 3 rings (SSSR count). The predicted octanol–water partition coefficient (Wildman–Crippen LogP) is 5.54. The summed E-state index contributed by atoms with van der Waals surface area (Å²) in [5.41, 5.74) is 2.01. The van der Waals surface area contributed by atoms with Gasteiger partial charge in [-0.3, -0.25) is 15.0 Å². The molecule has 0 aliphatic rings. The summed E-state index contributed by atoms with van der Waals surface area (Å²) in [4.78, 5) is 25.3. The minimum Gasteiger partial charge on any atom is -0.410 e. The van der Waals surface area contributed by atoms with E-state index in [2.05, 4.69) is 0 Å². The zero-order valence-corrected chi connectivity index (χ0v) is 16.2. The second-order valence-corrected chi connectivity index (χ2v) is 6.67. The number of nitro groups is 1. The zero-order chi connectivity index (χ0) is 20.6. The van der Waals surface area contributed by atoms with Crippen LogP contribution in [0.3, 0.4) is 0 Å². The van der Waals surface area contributed by atoms with E-state index >= 15 is 0 Å². The van der Waals surface area contributed by atoms with Gasteiger partial charge in [0.25, 0.3) is 5.69 Å². The zero-order valence-electron chi connectivity index (χ0n) is 16.2. The first-order valence-electron chi connectivity index (χ1n) is 9.38. The molecule has 29 heavy (non-hydrogen) atoms. The van der Waals surface area contributed by atoms with Crippen LogP contribution in [-0.4, -0.2) is 17.6 Å². The molecule has 0 saturated carbocycles. The average Bonchev–Trinajstić information content (AvgIpc) is 2.73. The van der Waals surface area contributed by atoms with Crippen molar-refractivity contribution in [1.82, 2.24) is 0 Å². The number of ether oxygens (including phenoxy) is 1. The highest BCUT2D eigenvalue weighted by Crippen LogP contribution is 2.30. The topological polar surface area (TPSA) is 72.7 Å². The second-order valence-electron chi connectivity index (χ2n) is 6.67. The monoisotopic (exact) mass is 390 g/mol. The number of hydrogen-bond acceptors (Lipinski definition) is 4. The Hall–Kier alpha value is -3.67. The maximum Gasteiger partial charge on any atom is 0.419 e. The van der Waals surface area contributed by atoms with Crippen molar-refractivity contribution in [2.24, 2.45) is 0 Å². The molecule has 0 radical (unpaired) electrons. The molecule has 6 heteroatoms. The lowest BCUT2D eigenvalue weighted by atomic mass is 10.1. The molecule has 3 aromatic carbocycles. The molecule has 0 spiro atoms. The molecule has 3 aromatic rings. The summed E-state index contributed by atoms with van der Waals surface area (Å²) >= 11 is 0. The van der Waals surface area contributed by atoms with Gasteiger partial charge in [-0.15, -0.1) is 0 Å². The normalized spacial score (nSPS) is 10.4. The maximum atomic E-state index is 12.9. The van der Waals surface area contributed by atoms with E-state index in [1.54, 1.807) is 43.3 Å². The van der Waals surface area contributed by atoms with Crippen LogP contribution in [0.2, 0.25) is 0 Å². The van der Waals surface area contributed by atoms with E-state index in [-0.39, 0.29) is 11.4 Å². The Morgan fingerprint density at radius 3 is 2.31 bits per heavy atom. The first-order chi connectivity index (χ1) is 14.0. The lowest BCUT2D eigenvalue weighted by molar-refractivity contribution is -0.384. The molecule has 6 nitrogen and oxygen atoms in total. The summed E-state index contributed by atoms with van der Waals surface area (Å²) in [5.74, 6) is 0.389. The molecule has 1 amide bonds. The fourth-order valence-corrected chi connectivity index (χ4v) is 3.05. The predicted molar refractivity (Wildman–Crippen MR) is 112 cm³/mol. The van der Waals surface area contributed by atoms with Crippen molar-refractivity contribution in [3.63, 3.8) is 0 Å². The molecular weight excluding hydrogens is 368 g/mol. The number of aryl methyl sites for hydroxylation is 2. The van der Waals surface area contributed by atoms with E-state index in [0.29, 0.717) is 18.7 Å². The van der Waals surface area contributed by atoms with Gasteiger partial charge >= 0.3 is 6.09 Å². The van der Waals surface area contributed by atoms with Crippen molar-refractivity contribution in [1.29, 1.82) is 0 Å². The van der Waals surface area contributed by atoms with Crippen molar-refractivity contribution >= 4 is 17.5 Å². The summed E-state index contributed by atoms with van der Waals surface area (Å²) in [6, 6.07) is 23.4. The van der Waals surface area contributed by atoms with E-state index in [4.69, 9.17) is 4.74 Å². The molecule has 0 fully saturated rings. The highest BCUT2D eigenvalue weighted by molar-refractivity contribution is 5.92. The van der Waals surface area contributed by atoms with Crippen LogP contribution in [0.15, 0.2) is 78.9 Å². The number of nitrogens with zero attached hydrogens (tertiary/aromatic N) is 2. The summed E-state index contributed by atoms with van der Waals surface area (Å²) in [6.07, 6.45) is 0.741. The van der Waals surface area contributed by atoms with Crippen LogP contribution in [0.1, 0.15) is 17.5 Å². The smallest absolute Gasteiger partial charge is 0.410 e. The van der Waals surface area contributed by atoms with E-state index < -0.39 is 11.0 Å². The SMILES string of the molecule is Cc1ccc(N(CCCc2ccccc2)C(=O)Oc2ccccc2)c([N+](=O)[O-])c1. The number of carbonyl (C=O) groups is 1. The van der Waals surface area contributed by atoms with Crippen molar-refractivity contribution in [3.05, 3.63) is 100 Å². The lowest BCUT2D eigenvalue weighted by Gasteiger charge is -2.22. The van der Waals surface area contributed by atoms with E-state index in [1.165, 1.54) is 11.0 Å². The molecule has 0 aromatic heterocycles. The Balaban J connectivity index is 1.84. The molecular formula is C23H22N2O4. The molecule has 148 valence electrons. The van der Waals surface area contributed by atoms with Gasteiger partial charge in [-0.2, -0.15) is 0 Å². The Morgan fingerprint density at radius 2 is 1.66 bits per heavy atom. The van der Waals surface area contributed by atoms with Crippen LogP contribution in [0.5, 0.6) is 5.75 Å². The molecule has 0 N–H and O–H groups in total. The summed E-state index contributed by atoms with van der Waals surface area (Å²) in [7, 11) is 0. The van der Waals surface area contributed by atoms with Gasteiger partial charge < -0.3 is 4.74 Å². The van der Waals surface area contributed by atoms with E-state index in [1.807, 2.05) is 36.4 Å². The molecule has 0 aliphatic carbocycles. The largest absolute Gasteiger partial charge is 0.419 e. The molecule has 0 heterocycles. The number of rotatable bonds is 7. The number of hydrogen-bond donors (Lipinski definition) is 0.